The molecule has 1 heterocycles. The van der Waals surface area contributed by atoms with Crippen LogP contribution in [-0.4, -0.2) is 12.3 Å². The van der Waals surface area contributed by atoms with Crippen molar-refractivity contribution in [2.75, 3.05) is 17.6 Å². The largest absolute Gasteiger partial charge is 0.385 e. The Labute approximate surface area is 87.9 Å². The number of rotatable bonds is 0. The Morgan fingerprint density at radius 1 is 1.38 bits per heavy atom. The molecule has 0 aromatic heterocycles. The maximum atomic E-state index is 6.11. The van der Waals surface area contributed by atoms with Crippen LogP contribution in [0, 0.1) is 0 Å². The van der Waals surface area contributed by atoms with Gasteiger partial charge in [0.15, 0.2) is 0 Å². The van der Waals surface area contributed by atoms with Gasteiger partial charge in [-0.3, -0.25) is 0 Å². The van der Waals surface area contributed by atoms with Crippen molar-refractivity contribution in [3.05, 3.63) is 28.8 Å². The molecule has 1 aliphatic heterocycles. The van der Waals surface area contributed by atoms with Crippen LogP contribution in [-0.2, 0) is 5.75 Å². The number of halogens is 1. The summed E-state index contributed by atoms with van der Waals surface area (Å²) in [6, 6.07) is 6.07. The van der Waals surface area contributed by atoms with E-state index in [-0.39, 0.29) is 0 Å². The molecule has 3 heteroatoms. The minimum atomic E-state index is 0.888. The van der Waals surface area contributed by atoms with Gasteiger partial charge in [0.2, 0.25) is 0 Å². The quantitative estimate of drug-likeness (QED) is 0.709. The zero-order valence-electron chi connectivity index (χ0n) is 7.35. The summed E-state index contributed by atoms with van der Waals surface area (Å²) in [5.74, 6) is 2.25. The molecule has 0 aliphatic carbocycles. The third-order valence-corrected chi connectivity index (χ3v) is 3.57. The summed E-state index contributed by atoms with van der Waals surface area (Å²) in [5.41, 5.74) is 2.47. The fraction of sp³-hybridized carbons (Fsp3) is 0.400. The first-order valence-corrected chi connectivity index (χ1v) is 6.00. The smallest absolute Gasteiger partial charge is 0.0467 e. The molecule has 0 amide bonds. The van der Waals surface area contributed by atoms with Crippen molar-refractivity contribution in [2.45, 2.75) is 12.2 Å². The predicted molar refractivity (Wildman–Crippen MR) is 60.7 cm³/mol. The van der Waals surface area contributed by atoms with Crippen LogP contribution in [0.2, 0.25) is 5.02 Å². The van der Waals surface area contributed by atoms with Crippen LogP contribution < -0.4 is 5.32 Å². The van der Waals surface area contributed by atoms with Crippen LogP contribution in [0.3, 0.4) is 0 Å². The van der Waals surface area contributed by atoms with E-state index < -0.39 is 0 Å². The second-order valence-electron chi connectivity index (χ2n) is 3.10. The van der Waals surface area contributed by atoms with Crippen molar-refractivity contribution < 1.29 is 0 Å². The third kappa shape index (κ3) is 2.12. The van der Waals surface area contributed by atoms with Gasteiger partial charge in [-0.25, -0.2) is 0 Å². The molecule has 0 bridgehead atoms. The fourth-order valence-electron chi connectivity index (χ4n) is 1.44. The summed E-state index contributed by atoms with van der Waals surface area (Å²) in [6.07, 6.45) is 1.23. The maximum absolute atomic E-state index is 6.11. The van der Waals surface area contributed by atoms with Gasteiger partial charge in [-0.2, -0.15) is 11.8 Å². The van der Waals surface area contributed by atoms with Gasteiger partial charge in [-0.1, -0.05) is 17.7 Å². The Morgan fingerprint density at radius 2 is 2.31 bits per heavy atom. The second-order valence-corrected chi connectivity index (χ2v) is 4.61. The van der Waals surface area contributed by atoms with Gasteiger partial charge < -0.3 is 5.32 Å². The second kappa shape index (κ2) is 4.25. The number of thioether (sulfide) groups is 1. The molecule has 1 aliphatic rings. The molecule has 1 N–H and O–H groups in total. The van der Waals surface area contributed by atoms with E-state index in [2.05, 4.69) is 11.4 Å². The summed E-state index contributed by atoms with van der Waals surface area (Å²) in [6.45, 7) is 1.06. The van der Waals surface area contributed by atoms with Crippen LogP contribution in [0.5, 0.6) is 0 Å². The van der Waals surface area contributed by atoms with Gasteiger partial charge in [0.05, 0.1) is 0 Å². The predicted octanol–water partition coefficient (Wildman–Crippen LogP) is 3.39. The molecule has 1 aromatic rings. The molecule has 0 unspecified atom stereocenters. The van der Waals surface area contributed by atoms with Crippen molar-refractivity contribution >= 4 is 29.1 Å². The molecule has 1 aromatic carbocycles. The van der Waals surface area contributed by atoms with Gasteiger partial charge in [0.25, 0.3) is 0 Å². The molecule has 0 fully saturated rings. The summed E-state index contributed by atoms with van der Waals surface area (Å²) in [7, 11) is 0. The van der Waals surface area contributed by atoms with Crippen molar-refractivity contribution in [3.63, 3.8) is 0 Å². The normalized spacial score (nSPS) is 16.7. The summed E-state index contributed by atoms with van der Waals surface area (Å²) in [4.78, 5) is 0. The highest BCUT2D eigenvalue weighted by Crippen LogP contribution is 2.29. The van der Waals surface area contributed by atoms with Crippen LogP contribution in [0.4, 0.5) is 5.69 Å². The van der Waals surface area contributed by atoms with Crippen LogP contribution in [0.25, 0.3) is 0 Å². The number of anilines is 1. The average molecular weight is 214 g/mol. The lowest BCUT2D eigenvalue weighted by Crippen LogP contribution is -2.07. The first-order chi connectivity index (χ1) is 6.38. The van der Waals surface area contributed by atoms with E-state index in [1.165, 1.54) is 23.4 Å². The Kier molecular flexibility index (Phi) is 3.01. The number of hydrogen-bond acceptors (Lipinski definition) is 2. The Morgan fingerprint density at radius 3 is 3.23 bits per heavy atom. The first kappa shape index (κ1) is 9.22. The monoisotopic (exact) mass is 213 g/mol. The van der Waals surface area contributed by atoms with Crippen molar-refractivity contribution in [2.24, 2.45) is 0 Å². The van der Waals surface area contributed by atoms with E-state index in [4.69, 9.17) is 11.6 Å². The molecule has 0 radical (unpaired) electrons. The zero-order chi connectivity index (χ0) is 9.10. The highest BCUT2D eigenvalue weighted by atomic mass is 35.5. The highest BCUT2D eigenvalue weighted by molar-refractivity contribution is 7.98. The molecule has 0 spiro atoms. The topological polar surface area (TPSA) is 12.0 Å². The first-order valence-electron chi connectivity index (χ1n) is 4.47. The Balaban J connectivity index is 2.33. The summed E-state index contributed by atoms with van der Waals surface area (Å²) in [5, 5.41) is 4.30. The lowest BCUT2D eigenvalue weighted by Gasteiger charge is -2.16. The summed E-state index contributed by atoms with van der Waals surface area (Å²) >= 11 is 8.08. The van der Waals surface area contributed by atoms with E-state index in [0.717, 1.165) is 17.3 Å². The highest BCUT2D eigenvalue weighted by Gasteiger charge is 2.08. The third-order valence-electron chi connectivity index (χ3n) is 2.15. The van der Waals surface area contributed by atoms with E-state index in [9.17, 15) is 0 Å². The molecule has 0 saturated heterocycles. The van der Waals surface area contributed by atoms with Gasteiger partial charge in [0.1, 0.15) is 0 Å². The Hall–Kier alpha value is -0.340. The minimum absolute atomic E-state index is 0.888. The Bertz CT molecular complexity index is 301. The lowest BCUT2D eigenvalue weighted by molar-refractivity contribution is 0.981. The van der Waals surface area contributed by atoms with Gasteiger partial charge in [-0.15, -0.1) is 0 Å². The fourth-order valence-corrected chi connectivity index (χ4v) is 2.77. The van der Waals surface area contributed by atoms with E-state index in [1.54, 1.807) is 0 Å². The van der Waals surface area contributed by atoms with Gasteiger partial charge >= 0.3 is 0 Å². The zero-order valence-corrected chi connectivity index (χ0v) is 8.92. The molecule has 70 valence electrons. The summed E-state index contributed by atoms with van der Waals surface area (Å²) < 4.78 is 0. The number of benzene rings is 1. The van der Waals surface area contributed by atoms with E-state index in [1.807, 2.05) is 23.9 Å². The number of hydrogen-bond donors (Lipinski definition) is 1. The molecule has 13 heavy (non-hydrogen) atoms. The standard InChI is InChI=1S/C10H12ClNS/c11-9-3-1-4-10-8(9)7-13-6-2-5-12-10/h1,3-4,12H,2,5-7H2. The molecule has 0 saturated carbocycles. The molecule has 2 rings (SSSR count). The maximum Gasteiger partial charge on any atom is 0.0467 e. The molecular weight excluding hydrogens is 202 g/mol. The lowest BCUT2D eigenvalue weighted by atomic mass is 10.2. The molecule has 1 nitrogen and oxygen atoms in total. The van der Waals surface area contributed by atoms with Crippen molar-refractivity contribution in [1.82, 2.24) is 0 Å². The minimum Gasteiger partial charge on any atom is -0.385 e. The van der Waals surface area contributed by atoms with Gasteiger partial charge in [0, 0.05) is 28.6 Å². The van der Waals surface area contributed by atoms with Crippen molar-refractivity contribution in [1.29, 1.82) is 0 Å². The van der Waals surface area contributed by atoms with E-state index in [0.29, 0.717) is 0 Å². The molecular formula is C10H12ClNS. The SMILES string of the molecule is Clc1cccc2c1CSCCCN2. The van der Waals surface area contributed by atoms with Gasteiger partial charge in [-0.05, 0) is 24.3 Å². The van der Waals surface area contributed by atoms with Crippen LogP contribution in [0.1, 0.15) is 12.0 Å². The van der Waals surface area contributed by atoms with Crippen molar-refractivity contribution in [3.8, 4) is 0 Å². The average Bonchev–Trinajstić information content (AvgIpc) is 2.07. The molecule has 0 atom stereocenters. The number of nitrogens with one attached hydrogen (secondary N) is 1. The van der Waals surface area contributed by atoms with E-state index >= 15 is 0 Å². The van der Waals surface area contributed by atoms with Crippen LogP contribution in [0.15, 0.2) is 18.2 Å². The number of fused-ring (bicyclic) bond motifs is 1. The van der Waals surface area contributed by atoms with Crippen LogP contribution >= 0.6 is 23.4 Å².